The lowest BCUT2D eigenvalue weighted by Gasteiger charge is -2.24. The summed E-state index contributed by atoms with van der Waals surface area (Å²) in [5.74, 6) is -1.05. The fourth-order valence-electron chi connectivity index (χ4n) is 3.01. The molecule has 3 amide bonds. The van der Waals surface area contributed by atoms with Crippen LogP contribution in [0.5, 0.6) is 0 Å². The van der Waals surface area contributed by atoms with Crippen molar-refractivity contribution in [2.24, 2.45) is 15.9 Å². The van der Waals surface area contributed by atoms with Crippen molar-refractivity contribution in [1.29, 1.82) is 0 Å². The van der Waals surface area contributed by atoms with E-state index in [0.717, 1.165) is 4.88 Å². The number of carbonyl (C=O) groups excluding carboxylic acids is 2. The number of anilines is 1. The molecular weight excluding hydrogens is 391 g/mol. The van der Waals surface area contributed by atoms with Gasteiger partial charge in [-0.15, -0.1) is 11.3 Å². The molecule has 1 aromatic carbocycles. The molecule has 1 N–H and O–H groups in total. The Bertz CT molecular complexity index is 1060. The Hall–Kier alpha value is -3.39. The first-order valence-electron chi connectivity index (χ1n) is 8.98. The first-order valence-corrected chi connectivity index (χ1v) is 9.86. The summed E-state index contributed by atoms with van der Waals surface area (Å²) in [4.78, 5) is 36.1. The second-order valence-electron chi connectivity index (χ2n) is 6.47. The number of amidine groups is 1. The number of fused-ring (bicyclic) bond motifs is 1. The second-order valence-corrected chi connectivity index (χ2v) is 7.50. The number of rotatable bonds is 5. The summed E-state index contributed by atoms with van der Waals surface area (Å²) >= 11 is 1.50. The van der Waals surface area contributed by atoms with Gasteiger partial charge in [-0.2, -0.15) is 4.99 Å². The van der Waals surface area contributed by atoms with Crippen LogP contribution in [-0.2, 0) is 11.3 Å². The van der Waals surface area contributed by atoms with Crippen molar-refractivity contribution < 1.29 is 14.0 Å². The summed E-state index contributed by atoms with van der Waals surface area (Å²) < 4.78 is 14.0. The molecule has 1 atom stereocenters. The van der Waals surface area contributed by atoms with Gasteiger partial charge in [0.05, 0.1) is 24.5 Å². The summed E-state index contributed by atoms with van der Waals surface area (Å²) in [6, 6.07) is 9.24. The molecular formula is C21H17FN4O2S. The Labute approximate surface area is 170 Å². The van der Waals surface area contributed by atoms with Crippen LogP contribution in [0.2, 0.25) is 0 Å². The minimum Gasteiger partial charge on any atom is -0.312 e. The van der Waals surface area contributed by atoms with E-state index in [-0.39, 0.29) is 30.5 Å². The third kappa shape index (κ3) is 4.38. The Balaban J connectivity index is 1.56. The smallest absolute Gasteiger partial charge is 0.312 e. The number of hydrogen-bond donors (Lipinski definition) is 1. The molecule has 2 heterocycles. The summed E-state index contributed by atoms with van der Waals surface area (Å²) in [5.41, 5.74) is 0.690. The number of benzene rings is 1. The van der Waals surface area contributed by atoms with Crippen LogP contribution in [0.4, 0.5) is 14.9 Å². The zero-order chi connectivity index (χ0) is 20.2. The van der Waals surface area contributed by atoms with Gasteiger partial charge in [0.15, 0.2) is 5.84 Å². The molecule has 146 valence electrons. The molecule has 2 aliphatic rings. The molecule has 1 aliphatic heterocycles. The van der Waals surface area contributed by atoms with Crippen LogP contribution in [0.15, 0.2) is 76.1 Å². The number of hydrogen-bond acceptors (Lipinski definition) is 4. The number of halogens is 1. The number of aliphatic imine (C=N–C) groups is 2. The SMILES string of the molecule is O=C1N=C(CN(Cc2cccs2)C(=O)Nc2ccccc2F)N=C2C=CC=CC12. The molecule has 1 unspecified atom stereocenters. The third-order valence-corrected chi connectivity index (χ3v) is 5.29. The quantitative estimate of drug-likeness (QED) is 0.811. The van der Waals surface area contributed by atoms with E-state index >= 15 is 0 Å². The number of thiophene rings is 1. The van der Waals surface area contributed by atoms with Gasteiger partial charge in [-0.1, -0.05) is 36.4 Å². The molecule has 0 saturated carbocycles. The van der Waals surface area contributed by atoms with Crippen LogP contribution in [-0.4, -0.2) is 34.9 Å². The normalized spacial score (nSPS) is 17.4. The van der Waals surface area contributed by atoms with E-state index in [9.17, 15) is 14.0 Å². The van der Waals surface area contributed by atoms with E-state index in [1.165, 1.54) is 28.4 Å². The minimum atomic E-state index is -0.524. The van der Waals surface area contributed by atoms with Gasteiger partial charge in [-0.25, -0.2) is 14.2 Å². The van der Waals surface area contributed by atoms with E-state index in [1.807, 2.05) is 17.5 Å². The van der Waals surface area contributed by atoms with Gasteiger partial charge in [0.1, 0.15) is 11.7 Å². The third-order valence-electron chi connectivity index (χ3n) is 4.43. The lowest BCUT2D eigenvalue weighted by Crippen LogP contribution is -2.40. The predicted molar refractivity (Wildman–Crippen MR) is 112 cm³/mol. The number of para-hydroxylation sites is 1. The molecule has 0 bridgehead atoms. The van der Waals surface area contributed by atoms with Gasteiger partial charge in [0, 0.05) is 4.88 Å². The highest BCUT2D eigenvalue weighted by molar-refractivity contribution is 7.09. The van der Waals surface area contributed by atoms with Gasteiger partial charge in [0.25, 0.3) is 5.91 Å². The van der Waals surface area contributed by atoms with E-state index < -0.39 is 17.8 Å². The highest BCUT2D eigenvalue weighted by Crippen LogP contribution is 2.19. The number of nitrogens with zero attached hydrogens (tertiary/aromatic N) is 3. The summed E-state index contributed by atoms with van der Waals surface area (Å²) in [6.07, 6.45) is 7.10. The number of allylic oxidation sites excluding steroid dienone is 3. The molecule has 1 aliphatic carbocycles. The van der Waals surface area contributed by atoms with Crippen molar-refractivity contribution in [2.45, 2.75) is 6.54 Å². The van der Waals surface area contributed by atoms with Crippen LogP contribution in [0.1, 0.15) is 4.88 Å². The molecule has 29 heavy (non-hydrogen) atoms. The average Bonchev–Trinajstić information content (AvgIpc) is 3.22. The largest absolute Gasteiger partial charge is 0.322 e. The topological polar surface area (TPSA) is 74.1 Å². The lowest BCUT2D eigenvalue weighted by molar-refractivity contribution is -0.118. The van der Waals surface area contributed by atoms with Crippen molar-refractivity contribution in [3.05, 3.63) is 76.8 Å². The van der Waals surface area contributed by atoms with Gasteiger partial charge in [-0.05, 0) is 29.7 Å². The molecule has 0 saturated heterocycles. The van der Waals surface area contributed by atoms with Crippen molar-refractivity contribution in [1.82, 2.24) is 4.90 Å². The summed E-state index contributed by atoms with van der Waals surface area (Å²) in [7, 11) is 0. The highest BCUT2D eigenvalue weighted by atomic mass is 32.1. The lowest BCUT2D eigenvalue weighted by atomic mass is 9.96. The van der Waals surface area contributed by atoms with E-state index in [1.54, 1.807) is 36.4 Å². The monoisotopic (exact) mass is 408 g/mol. The van der Waals surface area contributed by atoms with Gasteiger partial charge in [0.2, 0.25) is 0 Å². The number of urea groups is 1. The second kappa shape index (κ2) is 8.32. The molecule has 6 nitrogen and oxygen atoms in total. The molecule has 2 aromatic rings. The Kier molecular flexibility index (Phi) is 5.44. The Morgan fingerprint density at radius 1 is 1.14 bits per heavy atom. The fraction of sp³-hybridized carbons (Fsp3) is 0.143. The van der Waals surface area contributed by atoms with E-state index in [2.05, 4.69) is 15.3 Å². The van der Waals surface area contributed by atoms with E-state index in [0.29, 0.717) is 5.71 Å². The van der Waals surface area contributed by atoms with Crippen LogP contribution in [0.25, 0.3) is 0 Å². The van der Waals surface area contributed by atoms with Gasteiger partial charge < -0.3 is 10.2 Å². The average molecular weight is 408 g/mol. The minimum absolute atomic E-state index is 0.0255. The first kappa shape index (κ1) is 18.9. The Morgan fingerprint density at radius 3 is 2.79 bits per heavy atom. The van der Waals surface area contributed by atoms with Crippen LogP contribution in [0.3, 0.4) is 0 Å². The van der Waals surface area contributed by atoms with Crippen molar-refractivity contribution in [2.75, 3.05) is 11.9 Å². The van der Waals surface area contributed by atoms with Crippen molar-refractivity contribution >= 4 is 40.5 Å². The standard InChI is InChI=1S/C21H17FN4O2S/c22-16-8-2-4-10-18(16)24-21(28)26(12-14-6-5-11-29-14)13-19-23-17-9-3-1-7-15(17)20(27)25-19/h1-11,15H,12-13H2,(H,24,28). The van der Waals surface area contributed by atoms with Gasteiger partial charge >= 0.3 is 6.03 Å². The molecule has 0 spiro atoms. The first-order chi connectivity index (χ1) is 14.1. The van der Waals surface area contributed by atoms with Crippen molar-refractivity contribution in [3.8, 4) is 0 Å². The number of amides is 3. The molecule has 0 radical (unpaired) electrons. The van der Waals surface area contributed by atoms with Crippen LogP contribution < -0.4 is 5.32 Å². The zero-order valence-electron chi connectivity index (χ0n) is 15.3. The molecule has 0 fully saturated rings. The van der Waals surface area contributed by atoms with Crippen molar-refractivity contribution in [3.63, 3.8) is 0 Å². The highest BCUT2D eigenvalue weighted by Gasteiger charge is 2.28. The fourth-order valence-corrected chi connectivity index (χ4v) is 3.73. The predicted octanol–water partition coefficient (Wildman–Crippen LogP) is 4.04. The maximum atomic E-state index is 14.0. The maximum absolute atomic E-state index is 14.0. The van der Waals surface area contributed by atoms with Crippen LogP contribution in [0, 0.1) is 11.7 Å². The van der Waals surface area contributed by atoms with Crippen LogP contribution >= 0.6 is 11.3 Å². The van der Waals surface area contributed by atoms with E-state index in [4.69, 9.17) is 0 Å². The zero-order valence-corrected chi connectivity index (χ0v) is 16.1. The molecule has 1 aromatic heterocycles. The Morgan fingerprint density at radius 2 is 2.00 bits per heavy atom. The molecule has 8 heteroatoms. The summed E-state index contributed by atoms with van der Waals surface area (Å²) in [6.45, 7) is 0.312. The number of carbonyl (C=O) groups is 2. The maximum Gasteiger partial charge on any atom is 0.322 e. The number of nitrogens with one attached hydrogen (secondary N) is 1. The summed E-state index contributed by atoms with van der Waals surface area (Å²) in [5, 5.41) is 4.49. The molecule has 4 rings (SSSR count). The van der Waals surface area contributed by atoms with Gasteiger partial charge in [-0.3, -0.25) is 4.79 Å².